The number of aryl methyl sites for hydroxylation is 2. The zero-order valence-electron chi connectivity index (χ0n) is 16.1. The van der Waals surface area contributed by atoms with E-state index in [1.54, 1.807) is 7.11 Å². The molecule has 0 aliphatic rings. The number of hydrogen-bond donors (Lipinski definition) is 0. The molecule has 5 heteroatoms. The van der Waals surface area contributed by atoms with Crippen LogP contribution in [-0.2, 0) is 6.61 Å². The van der Waals surface area contributed by atoms with Crippen LogP contribution in [0.25, 0.3) is 22.4 Å². The first-order valence-corrected chi connectivity index (χ1v) is 9.10. The normalized spacial score (nSPS) is 10.8. The summed E-state index contributed by atoms with van der Waals surface area (Å²) in [6.07, 6.45) is 0. The van der Waals surface area contributed by atoms with Gasteiger partial charge in [-0.25, -0.2) is 15.0 Å². The van der Waals surface area contributed by atoms with Gasteiger partial charge in [-0.05, 0) is 49.7 Å². The Kier molecular flexibility index (Phi) is 4.89. The highest BCUT2D eigenvalue weighted by atomic mass is 16.5. The Hall–Kier alpha value is -3.47. The average molecular weight is 371 g/mol. The summed E-state index contributed by atoms with van der Waals surface area (Å²) in [5.41, 5.74) is 4.41. The van der Waals surface area contributed by atoms with Crippen LogP contribution < -0.4 is 9.47 Å². The van der Waals surface area contributed by atoms with Crippen LogP contribution in [-0.4, -0.2) is 22.1 Å². The molecule has 28 heavy (non-hydrogen) atoms. The van der Waals surface area contributed by atoms with Gasteiger partial charge in [0.2, 0.25) is 0 Å². The molecule has 0 bridgehead atoms. The molecule has 0 aliphatic heterocycles. The number of para-hydroxylation sites is 1. The third kappa shape index (κ3) is 3.78. The monoisotopic (exact) mass is 371 g/mol. The number of rotatable bonds is 5. The third-order valence-corrected chi connectivity index (χ3v) is 4.42. The van der Waals surface area contributed by atoms with E-state index < -0.39 is 0 Å². The first-order chi connectivity index (χ1) is 13.6. The fourth-order valence-corrected chi connectivity index (χ4v) is 3.12. The van der Waals surface area contributed by atoms with Crippen molar-refractivity contribution in [1.82, 2.24) is 15.0 Å². The van der Waals surface area contributed by atoms with E-state index in [0.717, 1.165) is 45.0 Å². The molecule has 5 nitrogen and oxygen atoms in total. The second-order valence-electron chi connectivity index (χ2n) is 6.64. The number of ether oxygens (including phenoxy) is 2. The minimum atomic E-state index is 0.433. The Morgan fingerprint density at radius 1 is 0.821 bits per heavy atom. The van der Waals surface area contributed by atoms with Crippen LogP contribution in [0.15, 0.2) is 60.7 Å². The van der Waals surface area contributed by atoms with Gasteiger partial charge in [-0.3, -0.25) is 0 Å². The van der Waals surface area contributed by atoms with Crippen molar-refractivity contribution in [1.29, 1.82) is 0 Å². The Balaban J connectivity index is 1.68. The van der Waals surface area contributed by atoms with Crippen molar-refractivity contribution >= 4 is 10.9 Å². The highest BCUT2D eigenvalue weighted by molar-refractivity contribution is 5.86. The van der Waals surface area contributed by atoms with Crippen molar-refractivity contribution < 1.29 is 9.47 Å². The van der Waals surface area contributed by atoms with Gasteiger partial charge >= 0.3 is 0 Å². The fourth-order valence-electron chi connectivity index (χ4n) is 3.12. The average Bonchev–Trinajstić information content (AvgIpc) is 2.71. The van der Waals surface area contributed by atoms with Gasteiger partial charge in [0.1, 0.15) is 29.3 Å². The lowest BCUT2D eigenvalue weighted by Gasteiger charge is -2.11. The van der Waals surface area contributed by atoms with Crippen molar-refractivity contribution in [3.05, 3.63) is 77.6 Å². The molecule has 0 N–H and O–H groups in total. The van der Waals surface area contributed by atoms with E-state index in [1.165, 1.54) is 0 Å². The van der Waals surface area contributed by atoms with Gasteiger partial charge in [0.15, 0.2) is 5.82 Å². The van der Waals surface area contributed by atoms with Crippen molar-refractivity contribution in [3.63, 3.8) is 0 Å². The maximum Gasteiger partial charge on any atom is 0.178 e. The summed E-state index contributed by atoms with van der Waals surface area (Å²) in [5.74, 6) is 2.17. The first-order valence-electron chi connectivity index (χ1n) is 9.10. The number of nitrogens with zero attached hydrogens (tertiary/aromatic N) is 3. The molecule has 0 atom stereocenters. The second-order valence-corrected chi connectivity index (χ2v) is 6.64. The van der Waals surface area contributed by atoms with E-state index in [4.69, 9.17) is 14.5 Å². The van der Waals surface area contributed by atoms with Crippen LogP contribution in [0.2, 0.25) is 0 Å². The van der Waals surface area contributed by atoms with Crippen molar-refractivity contribution in [2.75, 3.05) is 7.11 Å². The molecule has 0 radical (unpaired) electrons. The maximum atomic E-state index is 6.08. The predicted octanol–water partition coefficient (Wildman–Crippen LogP) is 4.90. The summed E-state index contributed by atoms with van der Waals surface area (Å²) in [6.45, 7) is 4.35. The van der Waals surface area contributed by atoms with Crippen LogP contribution in [0.1, 0.15) is 17.0 Å². The van der Waals surface area contributed by atoms with Gasteiger partial charge in [-0.1, -0.05) is 30.3 Å². The highest BCUT2D eigenvalue weighted by Gasteiger charge is 2.10. The quantitative estimate of drug-likeness (QED) is 0.500. The number of fused-ring (bicyclic) bond motifs is 1. The molecule has 2 aromatic heterocycles. The maximum absolute atomic E-state index is 6.08. The minimum absolute atomic E-state index is 0.433. The summed E-state index contributed by atoms with van der Waals surface area (Å²) in [5, 5.41) is 1.01. The predicted molar refractivity (Wildman–Crippen MR) is 110 cm³/mol. The molecule has 0 saturated heterocycles. The Morgan fingerprint density at radius 2 is 1.61 bits per heavy atom. The first kappa shape index (κ1) is 17.9. The Bertz CT molecular complexity index is 1120. The summed E-state index contributed by atoms with van der Waals surface area (Å²) in [6, 6.07) is 19.7. The summed E-state index contributed by atoms with van der Waals surface area (Å²) < 4.78 is 11.4. The van der Waals surface area contributed by atoms with E-state index >= 15 is 0 Å². The lowest BCUT2D eigenvalue weighted by Crippen LogP contribution is -1.99. The largest absolute Gasteiger partial charge is 0.497 e. The molecule has 0 fully saturated rings. The number of methoxy groups -OCH3 is 1. The smallest absolute Gasteiger partial charge is 0.178 e. The summed E-state index contributed by atoms with van der Waals surface area (Å²) in [4.78, 5) is 13.8. The second kappa shape index (κ2) is 7.64. The fraction of sp³-hybridized carbons (Fsp3) is 0.174. The van der Waals surface area contributed by atoms with Crippen LogP contribution in [0.5, 0.6) is 11.5 Å². The van der Waals surface area contributed by atoms with Crippen LogP contribution in [0.4, 0.5) is 0 Å². The topological polar surface area (TPSA) is 57.1 Å². The SMILES string of the molecule is COc1cccc(COc2cccc3ccc(-c4nc(C)cc(C)n4)nc23)c1. The van der Waals surface area contributed by atoms with Crippen molar-refractivity contribution in [3.8, 4) is 23.0 Å². The van der Waals surface area contributed by atoms with Crippen molar-refractivity contribution in [2.24, 2.45) is 0 Å². The number of hydrogen-bond acceptors (Lipinski definition) is 5. The van der Waals surface area contributed by atoms with Gasteiger partial charge in [0.25, 0.3) is 0 Å². The number of benzene rings is 2. The molecule has 2 heterocycles. The summed E-state index contributed by atoms with van der Waals surface area (Å²) in [7, 11) is 1.66. The van der Waals surface area contributed by atoms with E-state index in [1.807, 2.05) is 74.5 Å². The number of aromatic nitrogens is 3. The van der Waals surface area contributed by atoms with Crippen molar-refractivity contribution in [2.45, 2.75) is 20.5 Å². The van der Waals surface area contributed by atoms with Gasteiger partial charge in [0.05, 0.1) is 7.11 Å². The molecule has 2 aromatic carbocycles. The van der Waals surface area contributed by atoms with Crippen LogP contribution in [0.3, 0.4) is 0 Å². The van der Waals surface area contributed by atoms with E-state index in [2.05, 4.69) is 9.97 Å². The van der Waals surface area contributed by atoms with Gasteiger partial charge in [0, 0.05) is 16.8 Å². The molecule has 0 amide bonds. The third-order valence-electron chi connectivity index (χ3n) is 4.42. The van der Waals surface area contributed by atoms with Crippen LogP contribution >= 0.6 is 0 Å². The molecule has 140 valence electrons. The zero-order valence-corrected chi connectivity index (χ0v) is 16.1. The molecule has 4 aromatic rings. The van der Waals surface area contributed by atoms with Gasteiger partial charge in [-0.2, -0.15) is 0 Å². The zero-order chi connectivity index (χ0) is 19.5. The Labute approximate surface area is 164 Å². The van der Waals surface area contributed by atoms with E-state index in [-0.39, 0.29) is 0 Å². The highest BCUT2D eigenvalue weighted by Crippen LogP contribution is 2.27. The molecule has 0 unspecified atom stereocenters. The lowest BCUT2D eigenvalue weighted by molar-refractivity contribution is 0.308. The molecule has 4 rings (SSSR count). The van der Waals surface area contributed by atoms with Gasteiger partial charge in [-0.15, -0.1) is 0 Å². The van der Waals surface area contributed by atoms with E-state index in [9.17, 15) is 0 Å². The minimum Gasteiger partial charge on any atom is -0.497 e. The van der Waals surface area contributed by atoms with E-state index in [0.29, 0.717) is 12.4 Å². The van der Waals surface area contributed by atoms with Crippen LogP contribution in [0, 0.1) is 13.8 Å². The Morgan fingerprint density at radius 3 is 2.39 bits per heavy atom. The number of pyridine rings is 1. The molecule has 0 spiro atoms. The molecular weight excluding hydrogens is 350 g/mol. The molecule has 0 aliphatic carbocycles. The van der Waals surface area contributed by atoms with Gasteiger partial charge < -0.3 is 9.47 Å². The molecule has 0 saturated carbocycles. The standard InChI is InChI=1S/C23H21N3O2/c1-15-12-16(2)25-23(24-15)20-11-10-18-7-5-9-21(22(18)26-20)28-14-17-6-4-8-19(13-17)27-3/h4-13H,14H2,1-3H3. The molecular formula is C23H21N3O2. The summed E-state index contributed by atoms with van der Waals surface area (Å²) >= 11 is 0. The lowest BCUT2D eigenvalue weighted by atomic mass is 10.1.